The molecule has 0 spiro atoms. The van der Waals surface area contributed by atoms with Crippen LogP contribution in [0, 0.1) is 0 Å². The van der Waals surface area contributed by atoms with E-state index in [1.165, 1.54) is 10.5 Å². The second kappa shape index (κ2) is 6.72. The molecular weight excluding hydrogens is 342 g/mol. The van der Waals surface area contributed by atoms with E-state index in [-0.39, 0.29) is 11.9 Å². The predicted octanol–water partition coefficient (Wildman–Crippen LogP) is 2.08. The molecule has 0 saturated carbocycles. The molecule has 0 aromatic heterocycles. The minimum absolute atomic E-state index is 0.155. The first-order valence-corrected chi connectivity index (χ1v) is 9.47. The number of hydrogen-bond acceptors (Lipinski definition) is 5. The van der Waals surface area contributed by atoms with Crippen LogP contribution in [0.1, 0.15) is 25.8 Å². The summed E-state index contributed by atoms with van der Waals surface area (Å²) in [6.07, 6.45) is 3.16. The van der Waals surface area contributed by atoms with Gasteiger partial charge in [-0.25, -0.2) is 9.79 Å². The van der Waals surface area contributed by atoms with Gasteiger partial charge in [-0.05, 0) is 25.3 Å². The summed E-state index contributed by atoms with van der Waals surface area (Å²) in [5, 5.41) is 0. The fourth-order valence-electron chi connectivity index (χ4n) is 3.99. The Bertz CT molecular complexity index is 819. The monoisotopic (exact) mass is 367 g/mol. The number of carbonyl (C=O) groups excluding carboxylic acids is 2. The van der Waals surface area contributed by atoms with Crippen LogP contribution in [-0.4, -0.2) is 69.8 Å². The highest BCUT2D eigenvalue weighted by Gasteiger charge is 2.53. The molecule has 0 bridgehead atoms. The zero-order valence-electron chi connectivity index (χ0n) is 16.0. The van der Waals surface area contributed by atoms with E-state index in [2.05, 4.69) is 17.0 Å². The molecule has 3 aliphatic heterocycles. The number of fused-ring (bicyclic) bond motifs is 3. The van der Waals surface area contributed by atoms with Crippen molar-refractivity contribution in [2.24, 2.45) is 4.99 Å². The number of likely N-dealkylation sites (N-methyl/N-ethyl adjacent to an activating group) is 1. The van der Waals surface area contributed by atoms with Crippen molar-refractivity contribution in [1.29, 1.82) is 0 Å². The SMILES string of the molecule is CCCN1C(=O)C2C(N=C3N(CCc4ccccc4)C(C)=CN32)N(C)C1=O. The third-order valence-electron chi connectivity index (χ3n) is 5.42. The number of carbonyl (C=O) groups is 2. The van der Waals surface area contributed by atoms with Crippen LogP contribution in [-0.2, 0) is 11.2 Å². The third kappa shape index (κ3) is 2.78. The first-order valence-electron chi connectivity index (χ1n) is 9.47. The number of benzene rings is 1. The average molecular weight is 367 g/mol. The van der Waals surface area contributed by atoms with Gasteiger partial charge in [-0.1, -0.05) is 37.3 Å². The highest BCUT2D eigenvalue weighted by molar-refractivity contribution is 6.04. The molecule has 2 unspecified atom stereocenters. The van der Waals surface area contributed by atoms with Crippen LogP contribution in [0.2, 0.25) is 0 Å². The highest BCUT2D eigenvalue weighted by atomic mass is 16.2. The Labute approximate surface area is 159 Å². The number of urea groups is 1. The number of nitrogens with zero attached hydrogens (tertiary/aromatic N) is 5. The molecule has 3 amide bonds. The van der Waals surface area contributed by atoms with Gasteiger partial charge >= 0.3 is 6.03 Å². The Balaban J connectivity index is 1.57. The minimum atomic E-state index is -0.467. The molecule has 2 atom stereocenters. The van der Waals surface area contributed by atoms with Crippen LogP contribution in [0.25, 0.3) is 0 Å². The Hall–Kier alpha value is -2.83. The van der Waals surface area contributed by atoms with Crippen molar-refractivity contribution < 1.29 is 9.59 Å². The van der Waals surface area contributed by atoms with Gasteiger partial charge in [-0.3, -0.25) is 9.69 Å². The van der Waals surface area contributed by atoms with Gasteiger partial charge < -0.3 is 14.7 Å². The molecule has 1 saturated heterocycles. The van der Waals surface area contributed by atoms with E-state index in [4.69, 9.17) is 4.99 Å². The molecule has 1 fully saturated rings. The Morgan fingerprint density at radius 2 is 1.81 bits per heavy atom. The van der Waals surface area contributed by atoms with Crippen molar-refractivity contribution in [2.75, 3.05) is 20.1 Å². The fourth-order valence-corrected chi connectivity index (χ4v) is 3.99. The second-order valence-corrected chi connectivity index (χ2v) is 7.24. The van der Waals surface area contributed by atoms with E-state index in [1.807, 2.05) is 43.1 Å². The predicted molar refractivity (Wildman–Crippen MR) is 103 cm³/mol. The third-order valence-corrected chi connectivity index (χ3v) is 5.42. The summed E-state index contributed by atoms with van der Waals surface area (Å²) in [5.41, 5.74) is 2.33. The van der Waals surface area contributed by atoms with Gasteiger partial charge in [0.2, 0.25) is 5.96 Å². The Kier molecular flexibility index (Phi) is 4.37. The molecule has 7 nitrogen and oxygen atoms in total. The van der Waals surface area contributed by atoms with Gasteiger partial charge in [0.25, 0.3) is 5.91 Å². The average Bonchev–Trinajstić information content (AvgIpc) is 3.17. The lowest BCUT2D eigenvalue weighted by Gasteiger charge is -2.40. The molecule has 3 aliphatic rings. The molecule has 0 N–H and O–H groups in total. The van der Waals surface area contributed by atoms with Gasteiger partial charge in [0.05, 0.1) is 0 Å². The Morgan fingerprint density at radius 3 is 2.52 bits per heavy atom. The van der Waals surface area contributed by atoms with Crippen molar-refractivity contribution >= 4 is 17.9 Å². The van der Waals surface area contributed by atoms with Crippen molar-refractivity contribution in [1.82, 2.24) is 19.6 Å². The van der Waals surface area contributed by atoms with Crippen LogP contribution in [0.3, 0.4) is 0 Å². The van der Waals surface area contributed by atoms with E-state index >= 15 is 0 Å². The fraction of sp³-hybridized carbons (Fsp3) is 0.450. The van der Waals surface area contributed by atoms with Gasteiger partial charge in [0.1, 0.15) is 0 Å². The maximum absolute atomic E-state index is 13.0. The highest BCUT2D eigenvalue weighted by Crippen LogP contribution is 2.34. The van der Waals surface area contributed by atoms with Crippen LogP contribution in [0.5, 0.6) is 0 Å². The van der Waals surface area contributed by atoms with E-state index < -0.39 is 12.2 Å². The molecule has 1 aromatic carbocycles. The summed E-state index contributed by atoms with van der Waals surface area (Å²) in [4.78, 5) is 37.4. The first kappa shape index (κ1) is 17.6. The minimum Gasteiger partial charge on any atom is -0.314 e. The summed E-state index contributed by atoms with van der Waals surface area (Å²) in [5.74, 6) is 0.613. The lowest BCUT2D eigenvalue weighted by Crippen LogP contribution is -2.64. The quantitative estimate of drug-likeness (QED) is 0.799. The normalized spacial score (nSPS) is 24.3. The van der Waals surface area contributed by atoms with Crippen molar-refractivity contribution in [3.8, 4) is 0 Å². The smallest absolute Gasteiger partial charge is 0.314 e. The number of rotatable bonds is 5. The Morgan fingerprint density at radius 1 is 1.07 bits per heavy atom. The summed E-state index contributed by atoms with van der Waals surface area (Å²) < 4.78 is 0. The standard InChI is InChI=1S/C20H25N5O2/c1-4-11-24-18(26)16-17(22(3)20(24)27)21-19-23(14(2)13-25(16)19)12-10-15-8-6-5-7-9-15/h5-9,13,16-17H,4,10-12H2,1-3H3. The van der Waals surface area contributed by atoms with Crippen molar-refractivity contribution in [2.45, 2.75) is 38.9 Å². The largest absolute Gasteiger partial charge is 0.328 e. The summed E-state index contributed by atoms with van der Waals surface area (Å²) in [6, 6.07) is 9.59. The van der Waals surface area contributed by atoms with Crippen LogP contribution in [0.4, 0.5) is 4.79 Å². The second-order valence-electron chi connectivity index (χ2n) is 7.24. The molecule has 1 aromatic rings. The first-order chi connectivity index (χ1) is 13.0. The molecule has 0 aliphatic carbocycles. The lowest BCUT2D eigenvalue weighted by atomic mass is 10.1. The molecule has 4 rings (SSSR count). The van der Waals surface area contributed by atoms with Crippen LogP contribution in [0.15, 0.2) is 47.2 Å². The van der Waals surface area contributed by atoms with Crippen LogP contribution < -0.4 is 0 Å². The van der Waals surface area contributed by atoms with Crippen LogP contribution >= 0.6 is 0 Å². The molecular formula is C20H25N5O2. The summed E-state index contributed by atoms with van der Waals surface area (Å²) in [6.45, 7) is 5.22. The number of amides is 3. The van der Waals surface area contributed by atoms with Gasteiger partial charge in [0, 0.05) is 32.0 Å². The van der Waals surface area contributed by atoms with Crippen molar-refractivity contribution in [3.63, 3.8) is 0 Å². The molecule has 27 heavy (non-hydrogen) atoms. The maximum atomic E-state index is 13.0. The van der Waals surface area contributed by atoms with E-state index in [1.54, 1.807) is 11.9 Å². The number of guanidine groups is 1. The molecule has 3 heterocycles. The molecule has 7 heteroatoms. The summed E-state index contributed by atoms with van der Waals surface area (Å²) >= 11 is 0. The number of aliphatic imine (C=N–C) groups is 1. The number of imide groups is 1. The van der Waals surface area contributed by atoms with E-state index in [0.717, 1.165) is 31.0 Å². The zero-order valence-corrected chi connectivity index (χ0v) is 16.0. The topological polar surface area (TPSA) is 59.5 Å². The lowest BCUT2D eigenvalue weighted by molar-refractivity contribution is -0.136. The zero-order chi connectivity index (χ0) is 19.1. The number of allylic oxidation sites excluding steroid dienone is 1. The summed E-state index contributed by atoms with van der Waals surface area (Å²) in [7, 11) is 1.73. The van der Waals surface area contributed by atoms with Crippen molar-refractivity contribution in [3.05, 3.63) is 47.8 Å². The van der Waals surface area contributed by atoms with E-state index in [9.17, 15) is 9.59 Å². The van der Waals surface area contributed by atoms with Gasteiger partial charge in [-0.15, -0.1) is 0 Å². The van der Waals surface area contributed by atoms with E-state index in [0.29, 0.717) is 6.54 Å². The molecule has 142 valence electrons. The number of hydrogen-bond donors (Lipinski definition) is 0. The van der Waals surface area contributed by atoms with Gasteiger partial charge in [0.15, 0.2) is 12.2 Å². The maximum Gasteiger partial charge on any atom is 0.328 e. The molecule has 0 radical (unpaired) electrons. The van der Waals surface area contributed by atoms with Gasteiger partial charge in [-0.2, -0.15) is 0 Å².